The SMILES string of the molecule is CCCS(=O)(=O)N1CCCc2cc(NS(=O)(=O)c3ccc4ccccc4c3)ccc21. The van der Waals surface area contributed by atoms with E-state index < -0.39 is 20.0 Å². The summed E-state index contributed by atoms with van der Waals surface area (Å²) in [5, 5.41) is 1.82. The molecule has 3 aromatic rings. The maximum Gasteiger partial charge on any atom is 0.261 e. The zero-order valence-corrected chi connectivity index (χ0v) is 18.3. The Bertz CT molecular complexity index is 1300. The molecule has 0 bridgehead atoms. The highest BCUT2D eigenvalue weighted by Crippen LogP contribution is 2.32. The first-order valence-corrected chi connectivity index (χ1v) is 13.0. The second-order valence-corrected chi connectivity index (χ2v) is 11.1. The van der Waals surface area contributed by atoms with E-state index in [1.165, 1.54) is 4.31 Å². The van der Waals surface area contributed by atoms with Gasteiger partial charge in [0.15, 0.2) is 0 Å². The van der Waals surface area contributed by atoms with Gasteiger partial charge in [0.05, 0.1) is 16.3 Å². The van der Waals surface area contributed by atoms with Crippen LogP contribution in [0.1, 0.15) is 25.3 Å². The zero-order valence-electron chi connectivity index (χ0n) is 16.7. The van der Waals surface area contributed by atoms with Gasteiger partial charge in [-0.1, -0.05) is 37.3 Å². The van der Waals surface area contributed by atoms with E-state index in [2.05, 4.69) is 4.72 Å². The van der Waals surface area contributed by atoms with Crippen LogP contribution in [0.25, 0.3) is 10.8 Å². The van der Waals surface area contributed by atoms with Crippen LogP contribution in [0.2, 0.25) is 0 Å². The number of sulfonamides is 2. The van der Waals surface area contributed by atoms with Crippen molar-refractivity contribution >= 4 is 42.2 Å². The molecule has 0 saturated carbocycles. The van der Waals surface area contributed by atoms with Gasteiger partial charge in [0.2, 0.25) is 10.0 Å². The van der Waals surface area contributed by atoms with Gasteiger partial charge in [0.25, 0.3) is 10.0 Å². The molecule has 8 heteroatoms. The van der Waals surface area contributed by atoms with E-state index in [9.17, 15) is 16.8 Å². The Kier molecular flexibility index (Phi) is 5.46. The molecule has 1 aliphatic heterocycles. The predicted octanol–water partition coefficient (Wildman–Crippen LogP) is 4.13. The molecule has 0 atom stereocenters. The number of nitrogens with zero attached hydrogens (tertiary/aromatic N) is 1. The average Bonchev–Trinajstić information content (AvgIpc) is 2.72. The van der Waals surface area contributed by atoms with Crippen molar-refractivity contribution in [3.05, 3.63) is 66.2 Å². The molecule has 6 nitrogen and oxygen atoms in total. The highest BCUT2D eigenvalue weighted by atomic mass is 32.2. The van der Waals surface area contributed by atoms with Crippen LogP contribution in [0, 0.1) is 0 Å². The van der Waals surface area contributed by atoms with E-state index in [1.54, 1.807) is 36.4 Å². The number of aryl methyl sites for hydroxylation is 1. The summed E-state index contributed by atoms with van der Waals surface area (Å²) in [6, 6.07) is 17.7. The normalized spacial score (nSPS) is 14.5. The van der Waals surface area contributed by atoms with Gasteiger partial charge >= 0.3 is 0 Å². The molecule has 0 aromatic heterocycles. The van der Waals surface area contributed by atoms with E-state index in [-0.39, 0.29) is 10.6 Å². The molecule has 1 N–H and O–H groups in total. The molecule has 0 spiro atoms. The third-order valence-corrected chi connectivity index (χ3v) is 8.59. The van der Waals surface area contributed by atoms with Crippen LogP contribution >= 0.6 is 0 Å². The minimum Gasteiger partial charge on any atom is -0.280 e. The summed E-state index contributed by atoms with van der Waals surface area (Å²) in [7, 11) is -7.13. The first-order valence-electron chi connectivity index (χ1n) is 9.95. The number of hydrogen-bond donors (Lipinski definition) is 1. The van der Waals surface area contributed by atoms with E-state index in [0.717, 1.165) is 16.3 Å². The molecule has 30 heavy (non-hydrogen) atoms. The maximum atomic E-state index is 12.9. The molecular weight excluding hydrogens is 420 g/mol. The van der Waals surface area contributed by atoms with Gasteiger partial charge in [-0.15, -0.1) is 0 Å². The highest BCUT2D eigenvalue weighted by Gasteiger charge is 2.27. The monoisotopic (exact) mass is 444 g/mol. The Labute approximate surface area is 177 Å². The summed E-state index contributed by atoms with van der Waals surface area (Å²) in [6.07, 6.45) is 1.97. The Hall–Kier alpha value is -2.58. The van der Waals surface area contributed by atoms with Crippen LogP contribution in [0.4, 0.5) is 11.4 Å². The van der Waals surface area contributed by atoms with Gasteiger partial charge in [-0.2, -0.15) is 0 Å². The molecule has 0 fully saturated rings. The van der Waals surface area contributed by atoms with Crippen molar-refractivity contribution in [2.45, 2.75) is 31.1 Å². The quantitative estimate of drug-likeness (QED) is 0.620. The van der Waals surface area contributed by atoms with Gasteiger partial charge in [-0.3, -0.25) is 9.03 Å². The van der Waals surface area contributed by atoms with Crippen molar-refractivity contribution < 1.29 is 16.8 Å². The fourth-order valence-corrected chi connectivity index (χ4v) is 6.54. The Morgan fingerprint density at radius 2 is 1.70 bits per heavy atom. The second kappa shape index (κ2) is 7.92. The fraction of sp³-hybridized carbons (Fsp3) is 0.273. The summed E-state index contributed by atoms with van der Waals surface area (Å²) in [5.41, 5.74) is 1.90. The van der Waals surface area contributed by atoms with Crippen LogP contribution in [0.5, 0.6) is 0 Å². The molecule has 0 radical (unpaired) electrons. The second-order valence-electron chi connectivity index (χ2n) is 7.45. The highest BCUT2D eigenvalue weighted by molar-refractivity contribution is 7.93. The first kappa shape index (κ1) is 20.7. The number of rotatable bonds is 6. The van der Waals surface area contributed by atoms with Crippen LogP contribution in [0.15, 0.2) is 65.6 Å². The van der Waals surface area contributed by atoms with Gasteiger partial charge in [-0.25, -0.2) is 16.8 Å². The summed E-state index contributed by atoms with van der Waals surface area (Å²) in [5.74, 6) is 0.1000. The lowest BCUT2D eigenvalue weighted by Crippen LogP contribution is -2.37. The van der Waals surface area contributed by atoms with Crippen LogP contribution in [-0.2, 0) is 26.5 Å². The van der Waals surface area contributed by atoms with Crippen molar-refractivity contribution in [3.63, 3.8) is 0 Å². The predicted molar refractivity (Wildman–Crippen MR) is 121 cm³/mol. The molecular formula is C22H24N2O4S2. The Morgan fingerprint density at radius 1 is 0.933 bits per heavy atom. The van der Waals surface area contributed by atoms with Gasteiger partial charge in [-0.05, 0) is 65.9 Å². The standard InChI is InChI=1S/C22H24N2O4S2/c1-2-14-29(25,26)24-13-5-8-19-15-20(10-12-22(19)24)23-30(27,28)21-11-9-17-6-3-4-7-18(17)16-21/h3-4,6-7,9-12,15-16,23H,2,5,8,13-14H2,1H3. The largest absolute Gasteiger partial charge is 0.280 e. The molecule has 0 saturated heterocycles. The lowest BCUT2D eigenvalue weighted by atomic mass is 10.0. The summed E-state index contributed by atoms with van der Waals surface area (Å²) in [4.78, 5) is 0.186. The van der Waals surface area contributed by atoms with Gasteiger partial charge in [0.1, 0.15) is 0 Å². The van der Waals surface area contributed by atoms with Gasteiger partial charge < -0.3 is 0 Å². The number of fused-ring (bicyclic) bond motifs is 2. The minimum atomic E-state index is -3.76. The molecule has 3 aromatic carbocycles. The third-order valence-electron chi connectivity index (χ3n) is 5.24. The number of anilines is 2. The molecule has 158 valence electrons. The van der Waals surface area contributed by atoms with Crippen molar-refractivity contribution in [1.29, 1.82) is 0 Å². The summed E-state index contributed by atoms with van der Waals surface area (Å²) < 4.78 is 55.0. The van der Waals surface area contributed by atoms with Crippen LogP contribution < -0.4 is 9.03 Å². The van der Waals surface area contributed by atoms with E-state index >= 15 is 0 Å². The first-order chi connectivity index (χ1) is 14.3. The molecule has 1 heterocycles. The number of hydrogen-bond acceptors (Lipinski definition) is 4. The van der Waals surface area contributed by atoms with E-state index in [0.29, 0.717) is 37.2 Å². The van der Waals surface area contributed by atoms with Crippen molar-refractivity contribution in [1.82, 2.24) is 0 Å². The maximum absolute atomic E-state index is 12.9. The molecule has 0 unspecified atom stereocenters. The Morgan fingerprint density at radius 3 is 2.47 bits per heavy atom. The molecule has 1 aliphatic rings. The van der Waals surface area contributed by atoms with Crippen molar-refractivity contribution in [3.8, 4) is 0 Å². The lowest BCUT2D eigenvalue weighted by molar-refractivity contribution is 0.585. The summed E-state index contributed by atoms with van der Waals surface area (Å²) >= 11 is 0. The Balaban J connectivity index is 1.63. The van der Waals surface area contributed by atoms with Gasteiger partial charge in [0, 0.05) is 12.2 Å². The molecule has 0 amide bonds. The number of nitrogens with one attached hydrogen (secondary N) is 1. The van der Waals surface area contributed by atoms with E-state index in [1.807, 2.05) is 31.2 Å². The topological polar surface area (TPSA) is 83.6 Å². The average molecular weight is 445 g/mol. The van der Waals surface area contributed by atoms with Crippen LogP contribution in [0.3, 0.4) is 0 Å². The zero-order chi connectivity index (χ0) is 21.4. The third kappa shape index (κ3) is 4.02. The van der Waals surface area contributed by atoms with Crippen molar-refractivity contribution in [2.24, 2.45) is 0 Å². The fourth-order valence-electron chi connectivity index (χ4n) is 3.83. The van der Waals surface area contributed by atoms with E-state index in [4.69, 9.17) is 0 Å². The van der Waals surface area contributed by atoms with Crippen molar-refractivity contribution in [2.75, 3.05) is 21.3 Å². The minimum absolute atomic E-state index is 0.1000. The summed E-state index contributed by atoms with van der Waals surface area (Å²) in [6.45, 7) is 2.30. The number of benzene rings is 3. The molecule has 0 aliphatic carbocycles. The van der Waals surface area contributed by atoms with Crippen LogP contribution in [-0.4, -0.2) is 29.1 Å². The smallest absolute Gasteiger partial charge is 0.261 e. The molecule has 4 rings (SSSR count). The lowest BCUT2D eigenvalue weighted by Gasteiger charge is -2.30.